The van der Waals surface area contributed by atoms with E-state index in [0.717, 1.165) is 61.9 Å². The lowest BCUT2D eigenvalue weighted by Gasteiger charge is -2.46. The molecule has 0 amide bonds. The van der Waals surface area contributed by atoms with Crippen LogP contribution in [0.25, 0.3) is 0 Å². The molecule has 0 saturated carbocycles. The highest BCUT2D eigenvalue weighted by Crippen LogP contribution is 2.39. The molecule has 2 heterocycles. The zero-order valence-electron chi connectivity index (χ0n) is 23.1. The van der Waals surface area contributed by atoms with Gasteiger partial charge in [0.05, 0.1) is 5.60 Å². The second-order valence-corrected chi connectivity index (χ2v) is 11.5. The summed E-state index contributed by atoms with van der Waals surface area (Å²) in [6.07, 6.45) is 6.46. The number of carboxylic acids is 1. The lowest BCUT2D eigenvalue weighted by Crippen LogP contribution is -2.49. The molecule has 5 heteroatoms. The van der Waals surface area contributed by atoms with Crippen molar-refractivity contribution in [3.05, 3.63) is 101 Å². The molecule has 5 rings (SSSR count). The van der Waals surface area contributed by atoms with Crippen LogP contribution in [-0.2, 0) is 35.5 Å². The molecule has 0 bridgehead atoms. The van der Waals surface area contributed by atoms with Gasteiger partial charge in [0.15, 0.2) is 0 Å². The van der Waals surface area contributed by atoms with E-state index in [1.54, 1.807) is 0 Å². The Labute approximate surface area is 232 Å². The lowest BCUT2D eigenvalue weighted by atomic mass is 9.77. The topological polar surface area (TPSA) is 59.0 Å². The number of carbonyl (C=O) groups is 1. The Balaban J connectivity index is 1.05. The average Bonchev–Trinajstić information content (AvgIpc) is 2.95. The molecule has 2 aliphatic rings. The molecule has 0 radical (unpaired) electrons. The molecule has 1 atom stereocenters. The fourth-order valence-corrected chi connectivity index (χ4v) is 6.00. The molecule has 0 aromatic heterocycles. The number of hydrogen-bond acceptors (Lipinski definition) is 4. The zero-order chi connectivity index (χ0) is 27.1. The van der Waals surface area contributed by atoms with Crippen LogP contribution in [0, 0.1) is 12.8 Å². The fourth-order valence-electron chi connectivity index (χ4n) is 6.00. The lowest BCUT2D eigenvalue weighted by molar-refractivity contribution is -0.136. The van der Waals surface area contributed by atoms with Crippen molar-refractivity contribution in [3.8, 4) is 5.75 Å². The Bertz CT molecular complexity index is 1200. The Kier molecular flexibility index (Phi) is 9.00. The first-order valence-corrected chi connectivity index (χ1v) is 14.4. The third-order valence-corrected chi connectivity index (χ3v) is 8.39. The summed E-state index contributed by atoms with van der Waals surface area (Å²) in [7, 11) is 0. The van der Waals surface area contributed by atoms with Crippen molar-refractivity contribution >= 4 is 5.97 Å². The number of aryl methyl sites for hydroxylation is 2. The number of benzene rings is 3. The normalized spacial score (nSPS) is 19.2. The maximum atomic E-state index is 10.7. The van der Waals surface area contributed by atoms with E-state index in [9.17, 15) is 4.79 Å². The molecular weight excluding hydrogens is 486 g/mol. The number of likely N-dealkylation sites (tertiary alicyclic amines) is 1. The van der Waals surface area contributed by atoms with Crippen molar-refractivity contribution in [3.63, 3.8) is 0 Å². The number of hydrogen-bond donors (Lipinski definition) is 1. The highest BCUT2D eigenvalue weighted by Gasteiger charge is 2.40. The van der Waals surface area contributed by atoms with Crippen LogP contribution in [0.1, 0.15) is 59.9 Å². The maximum absolute atomic E-state index is 10.7. The van der Waals surface area contributed by atoms with Crippen molar-refractivity contribution in [2.45, 2.75) is 70.6 Å². The third-order valence-electron chi connectivity index (χ3n) is 8.39. The van der Waals surface area contributed by atoms with E-state index in [2.05, 4.69) is 60.4 Å². The summed E-state index contributed by atoms with van der Waals surface area (Å²) in [5.41, 5.74) is 6.34. The van der Waals surface area contributed by atoms with Gasteiger partial charge in [0.1, 0.15) is 12.4 Å². The van der Waals surface area contributed by atoms with Gasteiger partial charge in [-0.3, -0.25) is 9.69 Å². The van der Waals surface area contributed by atoms with E-state index in [4.69, 9.17) is 14.6 Å². The summed E-state index contributed by atoms with van der Waals surface area (Å²) in [6, 6.07) is 25.5. The van der Waals surface area contributed by atoms with Gasteiger partial charge in [0.25, 0.3) is 0 Å². The largest absolute Gasteiger partial charge is 0.489 e. The molecular formula is C34H41NO4. The number of nitrogens with zero attached hydrogens (tertiary/aromatic N) is 1. The fraction of sp³-hybridized carbons (Fsp3) is 0.441. The van der Waals surface area contributed by atoms with Gasteiger partial charge < -0.3 is 14.6 Å². The predicted molar refractivity (Wildman–Crippen MR) is 154 cm³/mol. The SMILES string of the molecule is Cc1ccc(CC2CCOC3(CCN(Cc4ccc(COc5ccc(CCC(=O)O)cc5)cc4)CC3)C2)cc1. The van der Waals surface area contributed by atoms with Crippen molar-refractivity contribution < 1.29 is 19.4 Å². The van der Waals surface area contributed by atoms with E-state index in [0.29, 0.717) is 13.0 Å². The zero-order valence-corrected chi connectivity index (χ0v) is 23.1. The Morgan fingerprint density at radius 3 is 2.26 bits per heavy atom. The molecule has 2 saturated heterocycles. The van der Waals surface area contributed by atoms with Crippen LogP contribution < -0.4 is 4.74 Å². The second-order valence-electron chi connectivity index (χ2n) is 11.5. The van der Waals surface area contributed by atoms with Crippen LogP contribution in [0.15, 0.2) is 72.8 Å². The molecule has 3 aromatic rings. The molecule has 39 heavy (non-hydrogen) atoms. The minimum atomic E-state index is -0.774. The predicted octanol–water partition coefficient (Wildman–Crippen LogP) is 6.60. The Morgan fingerprint density at radius 1 is 0.923 bits per heavy atom. The highest BCUT2D eigenvalue weighted by molar-refractivity contribution is 5.67. The molecule has 206 valence electrons. The van der Waals surface area contributed by atoms with Gasteiger partial charge in [-0.05, 0) is 85.8 Å². The summed E-state index contributed by atoms with van der Waals surface area (Å²) in [4.78, 5) is 13.3. The van der Waals surface area contributed by atoms with E-state index in [1.165, 1.54) is 36.0 Å². The third kappa shape index (κ3) is 7.93. The van der Waals surface area contributed by atoms with Gasteiger partial charge >= 0.3 is 5.97 Å². The van der Waals surface area contributed by atoms with Crippen LogP contribution in [0.5, 0.6) is 5.75 Å². The molecule has 1 spiro atoms. The van der Waals surface area contributed by atoms with Crippen LogP contribution in [0.4, 0.5) is 0 Å². The van der Waals surface area contributed by atoms with E-state index >= 15 is 0 Å². The summed E-state index contributed by atoms with van der Waals surface area (Å²) >= 11 is 0. The first kappa shape index (κ1) is 27.4. The molecule has 0 aliphatic carbocycles. The molecule has 1 unspecified atom stereocenters. The first-order chi connectivity index (χ1) is 18.9. The monoisotopic (exact) mass is 527 g/mol. The summed E-state index contributed by atoms with van der Waals surface area (Å²) in [6.45, 7) is 6.72. The molecule has 3 aromatic carbocycles. The highest BCUT2D eigenvalue weighted by atomic mass is 16.5. The van der Waals surface area contributed by atoms with Crippen molar-refractivity contribution in [1.29, 1.82) is 0 Å². The van der Waals surface area contributed by atoms with Crippen molar-refractivity contribution in [2.75, 3.05) is 19.7 Å². The summed E-state index contributed by atoms with van der Waals surface area (Å²) in [5, 5.41) is 8.83. The quantitative estimate of drug-likeness (QED) is 0.322. The van der Waals surface area contributed by atoms with Crippen LogP contribution in [0.3, 0.4) is 0 Å². The Morgan fingerprint density at radius 2 is 1.56 bits per heavy atom. The van der Waals surface area contributed by atoms with Crippen LogP contribution >= 0.6 is 0 Å². The van der Waals surface area contributed by atoms with Crippen LogP contribution in [0.2, 0.25) is 0 Å². The maximum Gasteiger partial charge on any atom is 0.303 e. The van der Waals surface area contributed by atoms with Crippen molar-refractivity contribution in [2.24, 2.45) is 5.92 Å². The Hall–Kier alpha value is -3.15. The first-order valence-electron chi connectivity index (χ1n) is 14.4. The van der Waals surface area contributed by atoms with Gasteiger partial charge in [0, 0.05) is 32.7 Å². The molecule has 2 aliphatic heterocycles. The van der Waals surface area contributed by atoms with Gasteiger partial charge in [0.2, 0.25) is 0 Å². The van der Waals surface area contributed by atoms with E-state index in [-0.39, 0.29) is 12.0 Å². The van der Waals surface area contributed by atoms with E-state index in [1.807, 2.05) is 24.3 Å². The van der Waals surface area contributed by atoms with Gasteiger partial charge in [-0.1, -0.05) is 66.2 Å². The number of aliphatic carboxylic acids is 1. The van der Waals surface area contributed by atoms with Gasteiger partial charge in [-0.25, -0.2) is 0 Å². The molecule has 2 fully saturated rings. The van der Waals surface area contributed by atoms with Gasteiger partial charge in [-0.2, -0.15) is 0 Å². The minimum Gasteiger partial charge on any atom is -0.489 e. The number of ether oxygens (including phenoxy) is 2. The number of carboxylic acid groups (broad SMARTS) is 1. The van der Waals surface area contributed by atoms with Gasteiger partial charge in [-0.15, -0.1) is 0 Å². The minimum absolute atomic E-state index is 0.0692. The van der Waals surface area contributed by atoms with Crippen LogP contribution in [-0.4, -0.2) is 41.3 Å². The van der Waals surface area contributed by atoms with Crippen molar-refractivity contribution in [1.82, 2.24) is 4.90 Å². The second kappa shape index (κ2) is 12.8. The number of piperidine rings is 1. The number of rotatable bonds is 10. The molecule has 1 N–H and O–H groups in total. The standard InChI is InChI=1S/C34H41NO4/c1-26-2-4-28(5-3-26)22-31-16-21-39-34(23-31)17-19-35(20-18-34)24-29-6-8-30(9-7-29)25-38-32-13-10-27(11-14-32)12-15-33(36)37/h2-11,13-14,31H,12,15-25H2,1H3,(H,36,37). The summed E-state index contributed by atoms with van der Waals surface area (Å²) in [5.74, 6) is 0.744. The smallest absolute Gasteiger partial charge is 0.303 e. The summed E-state index contributed by atoms with van der Waals surface area (Å²) < 4.78 is 12.4. The molecule has 5 nitrogen and oxygen atoms in total. The average molecular weight is 528 g/mol. The van der Waals surface area contributed by atoms with E-state index < -0.39 is 5.97 Å².